The van der Waals surface area contributed by atoms with Crippen LogP contribution in [0, 0.1) is 10.8 Å². The molecule has 1 nitrogen and oxygen atoms in total. The molecule has 10 heavy (non-hydrogen) atoms. The molecule has 0 aromatic rings. The van der Waals surface area contributed by atoms with Crippen molar-refractivity contribution in [1.29, 1.82) is 0 Å². The van der Waals surface area contributed by atoms with E-state index in [0.29, 0.717) is 16.6 Å². The van der Waals surface area contributed by atoms with Crippen LogP contribution < -0.4 is 0 Å². The smallest absolute Gasteiger partial charge is 0.134 e. The molecule has 2 aliphatic rings. The lowest BCUT2D eigenvalue weighted by Crippen LogP contribution is -2.55. The van der Waals surface area contributed by atoms with Crippen molar-refractivity contribution in [1.82, 2.24) is 0 Å². The van der Waals surface area contributed by atoms with Crippen molar-refractivity contribution in [3.05, 3.63) is 0 Å². The van der Waals surface area contributed by atoms with Gasteiger partial charge in [-0.2, -0.15) is 0 Å². The quantitative estimate of drug-likeness (QED) is 0.501. The molecular formula is C9H14O. The molecule has 1 spiro atoms. The number of Topliss-reactive ketones (excluding diaryl/α,β-unsaturated/α-hetero) is 1. The Labute approximate surface area is 61.8 Å². The first-order valence-electron chi connectivity index (χ1n) is 4.08. The predicted octanol–water partition coefficient (Wildman–Crippen LogP) is 2.16. The molecule has 2 saturated carbocycles. The highest BCUT2D eigenvalue weighted by Crippen LogP contribution is 2.65. The summed E-state index contributed by atoms with van der Waals surface area (Å²) in [6.07, 6.45) is 4.37. The van der Waals surface area contributed by atoms with E-state index < -0.39 is 0 Å². The van der Waals surface area contributed by atoms with Gasteiger partial charge in [-0.3, -0.25) is 4.79 Å². The van der Waals surface area contributed by atoms with Crippen LogP contribution in [0.5, 0.6) is 0 Å². The summed E-state index contributed by atoms with van der Waals surface area (Å²) in [5, 5.41) is 0. The minimum Gasteiger partial charge on any atom is -0.300 e. The fourth-order valence-corrected chi connectivity index (χ4v) is 2.34. The maximum atomic E-state index is 10.8. The van der Waals surface area contributed by atoms with E-state index in [0.717, 1.165) is 12.8 Å². The fraction of sp³-hybridized carbons (Fsp3) is 0.889. The SMILES string of the molecule is CC1(C)CCC12CC(=O)C2. The maximum Gasteiger partial charge on any atom is 0.134 e. The van der Waals surface area contributed by atoms with E-state index in [1.807, 2.05) is 0 Å². The third-order valence-corrected chi connectivity index (χ3v) is 3.74. The van der Waals surface area contributed by atoms with Gasteiger partial charge < -0.3 is 0 Å². The Bertz CT molecular complexity index is 183. The molecule has 0 bridgehead atoms. The number of carbonyl (C=O) groups is 1. The van der Waals surface area contributed by atoms with Crippen LogP contribution >= 0.6 is 0 Å². The molecule has 1 heteroatoms. The van der Waals surface area contributed by atoms with Crippen molar-refractivity contribution in [2.45, 2.75) is 39.5 Å². The molecule has 0 saturated heterocycles. The monoisotopic (exact) mass is 138 g/mol. The van der Waals surface area contributed by atoms with Crippen LogP contribution in [0.1, 0.15) is 39.5 Å². The molecule has 0 heterocycles. The summed E-state index contributed by atoms with van der Waals surface area (Å²) in [6.45, 7) is 4.59. The lowest BCUT2D eigenvalue weighted by Gasteiger charge is -2.61. The van der Waals surface area contributed by atoms with Crippen molar-refractivity contribution < 1.29 is 4.79 Å². The molecule has 0 unspecified atom stereocenters. The van der Waals surface area contributed by atoms with Crippen LogP contribution in [-0.4, -0.2) is 5.78 Å². The van der Waals surface area contributed by atoms with Gasteiger partial charge in [-0.05, 0) is 23.7 Å². The average Bonchev–Trinajstić information content (AvgIpc) is 1.78. The zero-order valence-electron chi connectivity index (χ0n) is 6.74. The molecule has 56 valence electrons. The predicted molar refractivity (Wildman–Crippen MR) is 39.7 cm³/mol. The van der Waals surface area contributed by atoms with Crippen LogP contribution in [0.2, 0.25) is 0 Å². The second-order valence-corrected chi connectivity index (χ2v) is 4.56. The second kappa shape index (κ2) is 1.46. The molecule has 2 fully saturated rings. The summed E-state index contributed by atoms with van der Waals surface area (Å²) in [5.74, 6) is 0.479. The van der Waals surface area contributed by atoms with Gasteiger partial charge in [-0.25, -0.2) is 0 Å². The van der Waals surface area contributed by atoms with Crippen LogP contribution in [0.3, 0.4) is 0 Å². The van der Waals surface area contributed by atoms with E-state index in [-0.39, 0.29) is 0 Å². The van der Waals surface area contributed by atoms with E-state index in [2.05, 4.69) is 13.8 Å². The minimum atomic E-state index is 0.462. The highest BCUT2D eigenvalue weighted by molar-refractivity contribution is 5.86. The summed E-state index contributed by atoms with van der Waals surface area (Å²) < 4.78 is 0. The standard InChI is InChI=1S/C9H14O/c1-8(2)3-4-9(8)5-7(10)6-9/h3-6H2,1-2H3. The Morgan fingerprint density at radius 1 is 1.20 bits per heavy atom. The third kappa shape index (κ3) is 0.518. The van der Waals surface area contributed by atoms with Crippen molar-refractivity contribution in [2.75, 3.05) is 0 Å². The molecule has 0 aliphatic heterocycles. The Morgan fingerprint density at radius 3 is 1.90 bits per heavy atom. The first-order chi connectivity index (χ1) is 4.56. The Morgan fingerprint density at radius 2 is 1.80 bits per heavy atom. The van der Waals surface area contributed by atoms with Crippen LogP contribution in [0.25, 0.3) is 0 Å². The highest BCUT2D eigenvalue weighted by atomic mass is 16.1. The van der Waals surface area contributed by atoms with E-state index in [4.69, 9.17) is 0 Å². The van der Waals surface area contributed by atoms with Gasteiger partial charge in [-0.1, -0.05) is 13.8 Å². The molecule has 2 rings (SSSR count). The summed E-state index contributed by atoms with van der Waals surface area (Å²) in [4.78, 5) is 10.8. The normalized spacial score (nSPS) is 33.2. The molecule has 0 amide bonds. The first-order valence-corrected chi connectivity index (χ1v) is 4.08. The number of ketones is 1. The lowest BCUT2D eigenvalue weighted by atomic mass is 9.43. The molecular weight excluding hydrogens is 124 g/mol. The number of hydrogen-bond acceptors (Lipinski definition) is 1. The summed E-state index contributed by atoms with van der Waals surface area (Å²) in [5.41, 5.74) is 0.936. The molecule has 0 N–H and O–H groups in total. The van der Waals surface area contributed by atoms with E-state index >= 15 is 0 Å². The van der Waals surface area contributed by atoms with Gasteiger partial charge in [0.15, 0.2) is 0 Å². The van der Waals surface area contributed by atoms with Crippen LogP contribution in [0.4, 0.5) is 0 Å². The van der Waals surface area contributed by atoms with Gasteiger partial charge in [0.05, 0.1) is 0 Å². The second-order valence-electron chi connectivity index (χ2n) is 4.56. The van der Waals surface area contributed by atoms with Crippen molar-refractivity contribution in [2.24, 2.45) is 10.8 Å². The largest absolute Gasteiger partial charge is 0.300 e. The summed E-state index contributed by atoms with van der Waals surface area (Å²) >= 11 is 0. The van der Waals surface area contributed by atoms with Crippen LogP contribution in [0.15, 0.2) is 0 Å². The van der Waals surface area contributed by atoms with E-state index in [9.17, 15) is 4.79 Å². The van der Waals surface area contributed by atoms with Gasteiger partial charge >= 0.3 is 0 Å². The van der Waals surface area contributed by atoms with Crippen LogP contribution in [-0.2, 0) is 4.79 Å². The number of rotatable bonds is 0. The molecule has 0 aromatic carbocycles. The van der Waals surface area contributed by atoms with Crippen molar-refractivity contribution >= 4 is 5.78 Å². The number of hydrogen-bond donors (Lipinski definition) is 0. The van der Waals surface area contributed by atoms with Gasteiger partial charge in [0.25, 0.3) is 0 Å². The molecule has 0 radical (unpaired) electrons. The van der Waals surface area contributed by atoms with E-state index in [1.54, 1.807) is 0 Å². The molecule has 0 aromatic heterocycles. The van der Waals surface area contributed by atoms with Gasteiger partial charge in [0, 0.05) is 12.8 Å². The fourth-order valence-electron chi connectivity index (χ4n) is 2.34. The average molecular weight is 138 g/mol. The maximum absolute atomic E-state index is 10.8. The van der Waals surface area contributed by atoms with Crippen molar-refractivity contribution in [3.63, 3.8) is 0 Å². The third-order valence-electron chi connectivity index (χ3n) is 3.74. The Balaban J connectivity index is 2.13. The summed E-state index contributed by atoms with van der Waals surface area (Å²) in [6, 6.07) is 0. The zero-order chi connectivity index (χ0) is 7.41. The first kappa shape index (κ1) is 6.38. The summed E-state index contributed by atoms with van der Waals surface area (Å²) in [7, 11) is 0. The lowest BCUT2D eigenvalue weighted by molar-refractivity contribution is -0.159. The minimum absolute atomic E-state index is 0.462. The van der Waals surface area contributed by atoms with Gasteiger partial charge in [0.2, 0.25) is 0 Å². The highest BCUT2D eigenvalue weighted by Gasteiger charge is 2.59. The van der Waals surface area contributed by atoms with Gasteiger partial charge in [-0.15, -0.1) is 0 Å². The van der Waals surface area contributed by atoms with Crippen molar-refractivity contribution in [3.8, 4) is 0 Å². The Kier molecular flexibility index (Phi) is 0.934. The number of carbonyl (C=O) groups excluding carboxylic acids is 1. The Hall–Kier alpha value is -0.330. The van der Waals surface area contributed by atoms with Gasteiger partial charge in [0.1, 0.15) is 5.78 Å². The zero-order valence-corrected chi connectivity index (χ0v) is 6.74. The van der Waals surface area contributed by atoms with E-state index in [1.165, 1.54) is 12.8 Å². The topological polar surface area (TPSA) is 17.1 Å². The molecule has 2 aliphatic carbocycles. The molecule has 0 atom stereocenters.